The number of alkyl halides is 7. The Kier molecular flexibility index (Phi) is 6.29. The molecule has 0 amide bonds. The van der Waals surface area contributed by atoms with Crippen molar-refractivity contribution in [3.8, 4) is 0 Å². The first-order valence-electron chi connectivity index (χ1n) is 7.23. The van der Waals surface area contributed by atoms with Gasteiger partial charge in [0.2, 0.25) is 0 Å². The van der Waals surface area contributed by atoms with E-state index in [1.165, 1.54) is 30.3 Å². The molecule has 5 nitrogen and oxygen atoms in total. The van der Waals surface area contributed by atoms with Gasteiger partial charge < -0.3 is 0 Å². The van der Waals surface area contributed by atoms with E-state index in [-0.39, 0.29) is 8.96 Å². The van der Waals surface area contributed by atoms with Gasteiger partial charge in [-0.3, -0.25) is 0 Å². The second-order valence-corrected chi connectivity index (χ2v) is 15.8. The van der Waals surface area contributed by atoms with E-state index in [2.05, 4.69) is 0 Å². The third-order valence-corrected chi connectivity index (χ3v) is 16.5. The topological polar surface area (TPSA) is 71.5 Å². The van der Waals surface area contributed by atoms with Crippen LogP contribution in [-0.2, 0) is 20.0 Å². The number of halogens is 7. The predicted octanol–water partition coefficient (Wildman–Crippen LogP) is 4.45. The summed E-state index contributed by atoms with van der Waals surface area (Å²) in [4.78, 5) is 0. The first kappa shape index (κ1) is 23.2. The zero-order chi connectivity index (χ0) is 21.5. The Bertz CT molecular complexity index is 1030. The van der Waals surface area contributed by atoms with Crippen molar-refractivity contribution in [1.29, 1.82) is 0 Å². The zero-order valence-electron chi connectivity index (χ0n) is 13.8. The van der Waals surface area contributed by atoms with E-state index in [9.17, 15) is 43.2 Å². The van der Waals surface area contributed by atoms with E-state index in [1.807, 2.05) is 0 Å². The third-order valence-electron chi connectivity index (χ3n) is 3.35. The van der Waals surface area contributed by atoms with Crippen LogP contribution >= 0.6 is 20.1 Å². The third kappa shape index (κ3) is 3.95. The molecule has 0 fully saturated rings. The van der Waals surface area contributed by atoms with Gasteiger partial charge in [0.05, 0.1) is 0 Å². The number of hydrogen-bond donors (Lipinski definition) is 0. The van der Waals surface area contributed by atoms with Crippen molar-refractivity contribution in [2.75, 3.05) is 4.43 Å². The number of benzene rings is 2. The van der Waals surface area contributed by atoms with E-state index in [4.69, 9.17) is 0 Å². The molecule has 0 N–H and O–H groups in total. The molecule has 28 heavy (non-hydrogen) atoms. The molecule has 0 aliphatic rings. The Labute approximate surface area is 164 Å². The van der Waals surface area contributed by atoms with Crippen molar-refractivity contribution >= 4 is 50.9 Å². The van der Waals surface area contributed by atoms with Crippen LogP contribution in [0.15, 0.2) is 42.5 Å². The summed E-state index contributed by atoms with van der Waals surface area (Å²) in [6.07, 6.45) is 0. The van der Waals surface area contributed by atoms with Crippen LogP contribution in [0.3, 0.4) is 0 Å². The molecular formula is C14H12F6INO4S2. The van der Waals surface area contributed by atoms with Crippen molar-refractivity contribution in [1.82, 2.24) is 1.92 Å². The molecule has 2 aromatic rings. The summed E-state index contributed by atoms with van der Waals surface area (Å²) >= 11 is -4.30. The van der Waals surface area contributed by atoms with E-state index in [0.29, 0.717) is 5.39 Å². The summed E-state index contributed by atoms with van der Waals surface area (Å²) in [6, 6.07) is 9.90. The summed E-state index contributed by atoms with van der Waals surface area (Å²) in [5, 5.41) is 0.612. The van der Waals surface area contributed by atoms with Gasteiger partial charge in [0.15, 0.2) is 0 Å². The van der Waals surface area contributed by atoms with Crippen LogP contribution in [0.25, 0.3) is 10.8 Å². The first-order valence-corrected chi connectivity index (χ1v) is 13.7. The maximum absolute atomic E-state index is 13.1. The van der Waals surface area contributed by atoms with Crippen molar-refractivity contribution in [2.24, 2.45) is 0 Å². The SMILES string of the molecule is CCI(c1cccc2ccccc12)N(S(=O)(=O)C(F)(F)F)S(=O)(=O)C(F)(F)F. The van der Waals surface area contributed by atoms with Crippen LogP contribution in [0, 0.1) is 3.57 Å². The molecule has 0 saturated carbocycles. The van der Waals surface area contributed by atoms with Gasteiger partial charge in [0.1, 0.15) is 0 Å². The maximum atomic E-state index is 13.1. The number of hydrogen-bond acceptors (Lipinski definition) is 4. The Morgan fingerprint density at radius 3 is 1.75 bits per heavy atom. The number of sulfonamides is 2. The van der Waals surface area contributed by atoms with E-state index >= 15 is 0 Å². The normalized spacial score (nSPS) is 14.5. The van der Waals surface area contributed by atoms with Gasteiger partial charge in [0, 0.05) is 0 Å². The van der Waals surface area contributed by atoms with Crippen LogP contribution in [0.2, 0.25) is 0 Å². The van der Waals surface area contributed by atoms with Crippen molar-refractivity contribution < 1.29 is 43.2 Å². The second-order valence-electron chi connectivity index (χ2n) is 5.12. The van der Waals surface area contributed by atoms with Crippen LogP contribution in [0.5, 0.6) is 0 Å². The first-order chi connectivity index (χ1) is 12.7. The van der Waals surface area contributed by atoms with E-state index in [0.717, 1.165) is 13.0 Å². The summed E-state index contributed by atoms with van der Waals surface area (Å²) in [7, 11) is -13.6. The van der Waals surface area contributed by atoms with E-state index < -0.39 is 57.5 Å². The molecule has 0 bridgehead atoms. The fraction of sp³-hybridized carbons (Fsp3) is 0.286. The van der Waals surface area contributed by atoms with Gasteiger partial charge in [-0.05, 0) is 0 Å². The van der Waals surface area contributed by atoms with E-state index in [1.54, 1.807) is 6.07 Å². The van der Waals surface area contributed by atoms with Crippen LogP contribution in [0.4, 0.5) is 26.3 Å². The number of nitrogens with zero attached hydrogens (tertiary/aromatic N) is 1. The molecule has 2 aromatic carbocycles. The Hall–Kier alpha value is -1.13. The van der Waals surface area contributed by atoms with Gasteiger partial charge in [-0.2, -0.15) is 0 Å². The summed E-state index contributed by atoms with van der Waals surface area (Å²) in [5.41, 5.74) is -12.4. The second kappa shape index (κ2) is 7.60. The zero-order valence-corrected chi connectivity index (χ0v) is 17.6. The summed E-state index contributed by atoms with van der Waals surface area (Å²) in [5.74, 6) is 0. The Morgan fingerprint density at radius 1 is 0.821 bits per heavy atom. The van der Waals surface area contributed by atoms with Crippen molar-refractivity contribution in [3.05, 3.63) is 46.0 Å². The van der Waals surface area contributed by atoms with Crippen LogP contribution in [-0.4, -0.2) is 34.2 Å². The molecule has 0 aliphatic carbocycles. The quantitative estimate of drug-likeness (QED) is 0.233. The Morgan fingerprint density at radius 2 is 1.29 bits per heavy atom. The van der Waals surface area contributed by atoms with Crippen LogP contribution < -0.4 is 0 Å². The molecule has 0 unspecified atom stereocenters. The molecule has 0 atom stereocenters. The van der Waals surface area contributed by atoms with Gasteiger partial charge in [-0.25, -0.2) is 0 Å². The molecule has 0 saturated heterocycles. The number of rotatable bonds is 5. The summed E-state index contributed by atoms with van der Waals surface area (Å²) < 4.78 is 124. The average molecular weight is 563 g/mol. The molecule has 0 radical (unpaired) electrons. The van der Waals surface area contributed by atoms with Gasteiger partial charge in [-0.15, -0.1) is 0 Å². The minimum absolute atomic E-state index is 0.148. The molecule has 0 heterocycles. The predicted molar refractivity (Wildman–Crippen MR) is 99.0 cm³/mol. The standard InChI is InChI=1S/C14H12F6INO4S2/c1-2-21(12-9-5-7-10-6-3-4-8-11(10)12)22(27(23,24)13(15,16)17)28(25,26)14(18,19)20/h3-9H,2H2,1H3. The molecule has 2 rings (SSSR count). The molecule has 158 valence electrons. The van der Waals surface area contributed by atoms with Gasteiger partial charge in [0.25, 0.3) is 0 Å². The van der Waals surface area contributed by atoms with Gasteiger partial charge in [-0.1, -0.05) is 0 Å². The molecule has 14 heteroatoms. The fourth-order valence-corrected chi connectivity index (χ4v) is 15.5. The van der Waals surface area contributed by atoms with Gasteiger partial charge >= 0.3 is 164 Å². The molecule has 0 aromatic heterocycles. The monoisotopic (exact) mass is 563 g/mol. The fourth-order valence-electron chi connectivity index (χ4n) is 2.20. The molecule has 0 spiro atoms. The van der Waals surface area contributed by atoms with Crippen molar-refractivity contribution in [3.63, 3.8) is 0 Å². The average Bonchev–Trinajstić information content (AvgIpc) is 2.56. The summed E-state index contributed by atoms with van der Waals surface area (Å²) in [6.45, 7) is 1.15. The molecule has 0 aliphatic heterocycles. The Balaban J connectivity index is 2.89. The molecular weight excluding hydrogens is 551 g/mol. The van der Waals surface area contributed by atoms with Crippen LogP contribution in [0.1, 0.15) is 6.92 Å². The minimum atomic E-state index is -6.81. The number of fused-ring (bicyclic) bond motifs is 1. The van der Waals surface area contributed by atoms with Crippen molar-refractivity contribution in [2.45, 2.75) is 17.9 Å².